The van der Waals surface area contributed by atoms with Gasteiger partial charge in [0.05, 0.1) is 20.2 Å². The average molecular weight is 263 g/mol. The third kappa shape index (κ3) is 3.12. The maximum Gasteiger partial charge on any atom is 0.170 e. The summed E-state index contributed by atoms with van der Waals surface area (Å²) in [5, 5.41) is 3.21. The molecule has 0 radical (unpaired) electrons. The first-order valence-corrected chi connectivity index (χ1v) is 6.28. The first kappa shape index (κ1) is 13.5. The lowest BCUT2D eigenvalue weighted by Gasteiger charge is -2.10. The first-order valence-electron chi connectivity index (χ1n) is 6.28. The molecule has 0 amide bonds. The second kappa shape index (κ2) is 6.33. The molecule has 1 aromatic heterocycles. The molecule has 2 aromatic rings. The number of ether oxygens (including phenoxy) is 1. The van der Waals surface area contributed by atoms with E-state index in [9.17, 15) is 4.39 Å². The smallest absolute Gasteiger partial charge is 0.170 e. The Kier molecular flexibility index (Phi) is 4.52. The second-order valence-corrected chi connectivity index (χ2v) is 4.19. The Morgan fingerprint density at radius 2 is 2.26 bits per heavy atom. The standard InChI is InChI=1S/C14H18FN3O/c1-3-16-9-13-17-7-8-18(13)10-11-5-4-6-12(19-2)14(11)15/h4-8,16H,3,9-10H2,1-2H3. The number of rotatable bonds is 6. The van der Waals surface area contributed by atoms with Crippen LogP contribution in [0.15, 0.2) is 30.6 Å². The summed E-state index contributed by atoms with van der Waals surface area (Å²) in [7, 11) is 1.47. The Morgan fingerprint density at radius 1 is 1.42 bits per heavy atom. The average Bonchev–Trinajstić information content (AvgIpc) is 2.86. The highest BCUT2D eigenvalue weighted by Crippen LogP contribution is 2.21. The van der Waals surface area contributed by atoms with E-state index in [1.54, 1.807) is 24.4 Å². The molecule has 0 saturated heterocycles. The molecule has 0 aliphatic rings. The molecule has 0 saturated carbocycles. The van der Waals surface area contributed by atoms with Crippen LogP contribution in [-0.2, 0) is 13.1 Å². The lowest BCUT2D eigenvalue weighted by molar-refractivity contribution is 0.383. The zero-order valence-electron chi connectivity index (χ0n) is 11.2. The van der Waals surface area contributed by atoms with Crippen molar-refractivity contribution in [3.8, 4) is 5.75 Å². The molecule has 19 heavy (non-hydrogen) atoms. The Bertz CT molecular complexity index is 539. The van der Waals surface area contributed by atoms with Crippen LogP contribution in [0.4, 0.5) is 4.39 Å². The van der Waals surface area contributed by atoms with Crippen LogP contribution in [0.25, 0.3) is 0 Å². The summed E-state index contributed by atoms with van der Waals surface area (Å²) < 4.78 is 21.0. The normalized spacial score (nSPS) is 10.7. The van der Waals surface area contributed by atoms with E-state index in [1.807, 2.05) is 17.7 Å². The van der Waals surface area contributed by atoms with Crippen molar-refractivity contribution in [2.75, 3.05) is 13.7 Å². The molecule has 0 atom stereocenters. The van der Waals surface area contributed by atoms with Crippen LogP contribution in [0.5, 0.6) is 5.75 Å². The largest absolute Gasteiger partial charge is 0.494 e. The van der Waals surface area contributed by atoms with Crippen LogP contribution in [-0.4, -0.2) is 23.2 Å². The molecular weight excluding hydrogens is 245 g/mol. The number of aromatic nitrogens is 2. The predicted molar refractivity (Wildman–Crippen MR) is 71.7 cm³/mol. The van der Waals surface area contributed by atoms with Gasteiger partial charge in [-0.15, -0.1) is 0 Å². The Labute approximate surface area is 112 Å². The summed E-state index contributed by atoms with van der Waals surface area (Å²) in [5.41, 5.74) is 0.593. The van der Waals surface area contributed by atoms with E-state index < -0.39 is 0 Å². The number of hydrogen-bond donors (Lipinski definition) is 1. The Morgan fingerprint density at radius 3 is 3.00 bits per heavy atom. The minimum atomic E-state index is -0.312. The molecule has 0 bridgehead atoms. The minimum absolute atomic E-state index is 0.269. The second-order valence-electron chi connectivity index (χ2n) is 4.19. The minimum Gasteiger partial charge on any atom is -0.494 e. The first-order chi connectivity index (χ1) is 9.26. The molecule has 1 aromatic carbocycles. The van der Waals surface area contributed by atoms with Gasteiger partial charge in [-0.05, 0) is 12.6 Å². The number of benzene rings is 1. The van der Waals surface area contributed by atoms with Crippen LogP contribution in [0.3, 0.4) is 0 Å². The van der Waals surface area contributed by atoms with E-state index in [0.717, 1.165) is 12.4 Å². The monoisotopic (exact) mass is 263 g/mol. The third-order valence-corrected chi connectivity index (χ3v) is 2.94. The quantitative estimate of drug-likeness (QED) is 0.868. The van der Waals surface area contributed by atoms with Crippen molar-refractivity contribution in [3.05, 3.63) is 47.8 Å². The third-order valence-electron chi connectivity index (χ3n) is 2.94. The van der Waals surface area contributed by atoms with Crippen LogP contribution in [0.1, 0.15) is 18.3 Å². The summed E-state index contributed by atoms with van der Waals surface area (Å²) in [6.45, 7) is 4.04. The van der Waals surface area contributed by atoms with E-state index in [0.29, 0.717) is 18.7 Å². The molecule has 1 heterocycles. The van der Waals surface area contributed by atoms with Crippen molar-refractivity contribution >= 4 is 0 Å². The van der Waals surface area contributed by atoms with Gasteiger partial charge in [-0.1, -0.05) is 19.1 Å². The molecule has 5 heteroatoms. The molecule has 102 valence electrons. The highest BCUT2D eigenvalue weighted by Gasteiger charge is 2.10. The van der Waals surface area contributed by atoms with Gasteiger partial charge in [0.2, 0.25) is 0 Å². The van der Waals surface area contributed by atoms with E-state index in [-0.39, 0.29) is 11.6 Å². The van der Waals surface area contributed by atoms with Crippen molar-refractivity contribution in [1.82, 2.24) is 14.9 Å². The van der Waals surface area contributed by atoms with Gasteiger partial charge < -0.3 is 14.6 Å². The molecule has 0 unspecified atom stereocenters. The summed E-state index contributed by atoms with van der Waals surface area (Å²) in [5.74, 6) is 0.850. The van der Waals surface area contributed by atoms with Gasteiger partial charge in [0.15, 0.2) is 11.6 Å². The summed E-state index contributed by atoms with van der Waals surface area (Å²) >= 11 is 0. The van der Waals surface area contributed by atoms with Crippen LogP contribution in [0, 0.1) is 5.82 Å². The predicted octanol–water partition coefficient (Wildman–Crippen LogP) is 2.19. The maximum absolute atomic E-state index is 14.1. The number of methoxy groups -OCH3 is 1. The molecular formula is C14H18FN3O. The van der Waals surface area contributed by atoms with Gasteiger partial charge >= 0.3 is 0 Å². The van der Waals surface area contributed by atoms with Crippen molar-refractivity contribution in [3.63, 3.8) is 0 Å². The van der Waals surface area contributed by atoms with E-state index in [4.69, 9.17) is 4.74 Å². The number of nitrogens with one attached hydrogen (secondary N) is 1. The van der Waals surface area contributed by atoms with Crippen molar-refractivity contribution in [2.24, 2.45) is 0 Å². The van der Waals surface area contributed by atoms with Gasteiger partial charge in [0.1, 0.15) is 5.82 Å². The van der Waals surface area contributed by atoms with Gasteiger partial charge in [0.25, 0.3) is 0 Å². The summed E-state index contributed by atoms with van der Waals surface area (Å²) in [6.07, 6.45) is 3.58. The van der Waals surface area contributed by atoms with E-state index in [1.165, 1.54) is 7.11 Å². The lowest BCUT2D eigenvalue weighted by Crippen LogP contribution is -2.16. The zero-order chi connectivity index (χ0) is 13.7. The summed E-state index contributed by atoms with van der Waals surface area (Å²) in [4.78, 5) is 4.27. The fourth-order valence-electron chi connectivity index (χ4n) is 1.91. The zero-order valence-corrected chi connectivity index (χ0v) is 11.2. The van der Waals surface area contributed by atoms with Crippen molar-refractivity contribution in [1.29, 1.82) is 0 Å². The SMILES string of the molecule is CCNCc1nccn1Cc1cccc(OC)c1F. The Hall–Kier alpha value is -1.88. The van der Waals surface area contributed by atoms with Gasteiger partial charge in [0, 0.05) is 18.0 Å². The van der Waals surface area contributed by atoms with E-state index in [2.05, 4.69) is 10.3 Å². The molecule has 2 rings (SSSR count). The van der Waals surface area contributed by atoms with Crippen molar-refractivity contribution < 1.29 is 9.13 Å². The van der Waals surface area contributed by atoms with Gasteiger partial charge in [-0.25, -0.2) is 9.37 Å². The molecule has 0 aliphatic carbocycles. The molecule has 1 N–H and O–H groups in total. The fourth-order valence-corrected chi connectivity index (χ4v) is 1.91. The van der Waals surface area contributed by atoms with E-state index >= 15 is 0 Å². The number of halogens is 1. The van der Waals surface area contributed by atoms with Gasteiger partial charge in [-0.2, -0.15) is 0 Å². The van der Waals surface area contributed by atoms with Crippen LogP contribution < -0.4 is 10.1 Å². The van der Waals surface area contributed by atoms with Gasteiger partial charge in [-0.3, -0.25) is 0 Å². The highest BCUT2D eigenvalue weighted by molar-refractivity contribution is 5.31. The number of hydrogen-bond acceptors (Lipinski definition) is 3. The fraction of sp³-hybridized carbons (Fsp3) is 0.357. The van der Waals surface area contributed by atoms with Crippen LogP contribution >= 0.6 is 0 Å². The lowest BCUT2D eigenvalue weighted by atomic mass is 10.2. The maximum atomic E-state index is 14.1. The highest BCUT2D eigenvalue weighted by atomic mass is 19.1. The topological polar surface area (TPSA) is 39.1 Å². The number of nitrogens with zero attached hydrogens (tertiary/aromatic N) is 2. The van der Waals surface area contributed by atoms with Crippen molar-refractivity contribution in [2.45, 2.75) is 20.0 Å². The molecule has 4 nitrogen and oxygen atoms in total. The number of imidazole rings is 1. The summed E-state index contributed by atoms with van der Waals surface area (Å²) in [6, 6.07) is 5.17. The Balaban J connectivity index is 2.19. The van der Waals surface area contributed by atoms with Crippen LogP contribution in [0.2, 0.25) is 0 Å². The molecule has 0 fully saturated rings. The molecule has 0 spiro atoms. The molecule has 0 aliphatic heterocycles.